The van der Waals surface area contributed by atoms with E-state index in [0.29, 0.717) is 16.3 Å². The Morgan fingerprint density at radius 3 is 2.14 bits per heavy atom. The molecule has 2 unspecified atom stereocenters. The Hall–Kier alpha value is -3.35. The second-order valence-electron chi connectivity index (χ2n) is 8.67. The van der Waals surface area contributed by atoms with Crippen molar-refractivity contribution in [2.75, 3.05) is 0 Å². The van der Waals surface area contributed by atoms with E-state index in [1.807, 2.05) is 48.5 Å². The summed E-state index contributed by atoms with van der Waals surface area (Å²) >= 11 is 6.06. The van der Waals surface area contributed by atoms with Crippen LogP contribution in [0.4, 0.5) is 0 Å². The summed E-state index contributed by atoms with van der Waals surface area (Å²) in [5.41, 5.74) is 4.02. The fraction of sp³-hybridized carbons (Fsp3) is 0.222. The van der Waals surface area contributed by atoms with Crippen molar-refractivity contribution in [3.8, 4) is 11.1 Å². The van der Waals surface area contributed by atoms with Crippen LogP contribution in [0.25, 0.3) is 22.0 Å². The normalized spacial score (nSPS) is 17.4. The van der Waals surface area contributed by atoms with Gasteiger partial charge in [0.25, 0.3) is 11.8 Å². The highest BCUT2D eigenvalue weighted by molar-refractivity contribution is 6.31. The lowest BCUT2D eigenvalue weighted by Gasteiger charge is -2.32. The van der Waals surface area contributed by atoms with Gasteiger partial charge in [0.15, 0.2) is 0 Å². The molecule has 0 bridgehead atoms. The summed E-state index contributed by atoms with van der Waals surface area (Å²) in [5, 5.41) is 7.79. The quantitative estimate of drug-likeness (QED) is 0.319. The lowest BCUT2D eigenvalue weighted by molar-refractivity contribution is 0.0860. The summed E-state index contributed by atoms with van der Waals surface area (Å²) < 4.78 is 0. The third-order valence-electron chi connectivity index (χ3n) is 6.39. The Bertz CT molecular complexity index is 1320. The van der Waals surface area contributed by atoms with Crippen LogP contribution in [0.15, 0.2) is 73.1 Å². The predicted molar refractivity (Wildman–Crippen MR) is 141 cm³/mol. The molecule has 180 valence electrons. The first-order chi connectivity index (χ1) is 16.6. The predicted octanol–water partition coefficient (Wildman–Crippen LogP) is 5.78. The molecule has 5 rings (SSSR count). The Labute approximate surface area is 214 Å². The Kier molecular flexibility index (Phi) is 7.73. The number of aromatic nitrogens is 2. The van der Waals surface area contributed by atoms with E-state index in [1.165, 1.54) is 0 Å². The summed E-state index contributed by atoms with van der Waals surface area (Å²) in [5.74, 6) is -0.312. The average molecular weight is 509 g/mol. The maximum absolute atomic E-state index is 13.0. The number of carbonyl (C=O) groups excluding carboxylic acids is 2. The van der Waals surface area contributed by atoms with E-state index in [4.69, 9.17) is 11.6 Å². The molecule has 8 heteroatoms. The van der Waals surface area contributed by atoms with Crippen LogP contribution in [-0.4, -0.2) is 33.9 Å². The fourth-order valence-electron chi connectivity index (χ4n) is 4.56. The Balaban J connectivity index is 0.00000289. The topological polar surface area (TPSA) is 86.9 Å². The van der Waals surface area contributed by atoms with Crippen LogP contribution >= 0.6 is 24.0 Å². The number of hydrogen-bond acceptors (Lipinski definition) is 3. The van der Waals surface area contributed by atoms with Crippen LogP contribution < -0.4 is 10.6 Å². The lowest BCUT2D eigenvalue weighted by atomic mass is 9.90. The van der Waals surface area contributed by atoms with Crippen LogP contribution in [0.5, 0.6) is 0 Å². The SMILES string of the molecule is Cl.O=C(NC1CCCCC1NC(=O)c1cc2cc(Cl)ccc2[nH]1)c1ccc(-c2ccncc2)cc1. The minimum absolute atomic E-state index is 0. The van der Waals surface area contributed by atoms with Crippen molar-refractivity contribution < 1.29 is 9.59 Å². The molecule has 0 aliphatic heterocycles. The Morgan fingerprint density at radius 2 is 1.46 bits per heavy atom. The lowest BCUT2D eigenvalue weighted by Crippen LogP contribution is -2.53. The highest BCUT2D eigenvalue weighted by atomic mass is 35.5. The van der Waals surface area contributed by atoms with E-state index in [9.17, 15) is 9.59 Å². The third-order valence-corrected chi connectivity index (χ3v) is 6.62. The molecule has 1 saturated carbocycles. The summed E-state index contributed by atoms with van der Waals surface area (Å²) in [6, 6.07) is 18.4. The van der Waals surface area contributed by atoms with Gasteiger partial charge in [-0.1, -0.05) is 36.6 Å². The van der Waals surface area contributed by atoms with Gasteiger partial charge in [0.2, 0.25) is 0 Å². The first-order valence-electron chi connectivity index (χ1n) is 11.5. The summed E-state index contributed by atoms with van der Waals surface area (Å²) in [4.78, 5) is 33.1. The van der Waals surface area contributed by atoms with E-state index in [1.54, 1.807) is 24.5 Å². The fourth-order valence-corrected chi connectivity index (χ4v) is 4.74. The minimum Gasteiger partial charge on any atom is -0.351 e. The molecule has 2 amide bonds. The molecule has 0 radical (unpaired) electrons. The van der Waals surface area contributed by atoms with E-state index in [-0.39, 0.29) is 36.3 Å². The van der Waals surface area contributed by atoms with Crippen molar-refractivity contribution in [2.24, 2.45) is 0 Å². The van der Waals surface area contributed by atoms with Gasteiger partial charge in [-0.25, -0.2) is 0 Å². The molecule has 1 aliphatic carbocycles. The first kappa shape index (κ1) is 24.8. The number of fused-ring (bicyclic) bond motifs is 1. The van der Waals surface area contributed by atoms with Gasteiger partial charge < -0.3 is 15.6 Å². The number of hydrogen-bond donors (Lipinski definition) is 3. The van der Waals surface area contributed by atoms with Gasteiger partial charge in [0.05, 0.1) is 0 Å². The van der Waals surface area contributed by atoms with Crippen molar-refractivity contribution in [2.45, 2.75) is 37.8 Å². The largest absolute Gasteiger partial charge is 0.351 e. The first-order valence-corrected chi connectivity index (χ1v) is 11.8. The highest BCUT2D eigenvalue weighted by Gasteiger charge is 2.28. The standard InChI is InChI=1S/C27H25ClN4O2.ClH/c28-21-9-10-22-20(15-21)16-25(30-22)27(34)32-24-4-2-1-3-23(24)31-26(33)19-7-5-17(6-8-19)18-11-13-29-14-12-18;/h5-16,23-24,30H,1-4H2,(H,31,33)(H,32,34);1H. The number of aromatic amines is 1. The van der Waals surface area contributed by atoms with E-state index >= 15 is 0 Å². The molecule has 0 spiro atoms. The molecule has 0 saturated heterocycles. The van der Waals surface area contributed by atoms with E-state index in [2.05, 4.69) is 20.6 Å². The van der Waals surface area contributed by atoms with Crippen LogP contribution in [0.2, 0.25) is 5.02 Å². The van der Waals surface area contributed by atoms with Crippen molar-refractivity contribution in [3.05, 3.63) is 89.3 Å². The molecule has 2 atom stereocenters. The highest BCUT2D eigenvalue weighted by Crippen LogP contribution is 2.23. The molecule has 6 nitrogen and oxygen atoms in total. The Morgan fingerprint density at radius 1 is 0.829 bits per heavy atom. The number of pyridine rings is 1. The number of nitrogens with zero attached hydrogens (tertiary/aromatic N) is 1. The summed E-state index contributed by atoms with van der Waals surface area (Å²) in [6.45, 7) is 0. The number of benzene rings is 2. The van der Waals surface area contributed by atoms with Crippen LogP contribution in [0.1, 0.15) is 46.5 Å². The minimum atomic E-state index is -0.180. The number of halogens is 2. The number of nitrogens with one attached hydrogen (secondary N) is 3. The van der Waals surface area contributed by atoms with Crippen LogP contribution in [0.3, 0.4) is 0 Å². The third kappa shape index (κ3) is 5.66. The zero-order chi connectivity index (χ0) is 23.5. The van der Waals surface area contributed by atoms with Crippen molar-refractivity contribution in [3.63, 3.8) is 0 Å². The second-order valence-corrected chi connectivity index (χ2v) is 9.11. The summed E-state index contributed by atoms with van der Waals surface area (Å²) in [6.07, 6.45) is 7.18. The van der Waals surface area contributed by atoms with Gasteiger partial charge in [-0.3, -0.25) is 14.6 Å². The number of carbonyl (C=O) groups is 2. The average Bonchev–Trinajstić information content (AvgIpc) is 3.29. The van der Waals surface area contributed by atoms with Gasteiger partial charge >= 0.3 is 0 Å². The zero-order valence-electron chi connectivity index (χ0n) is 19.0. The van der Waals surface area contributed by atoms with Gasteiger partial charge in [-0.15, -0.1) is 12.4 Å². The smallest absolute Gasteiger partial charge is 0.268 e. The zero-order valence-corrected chi connectivity index (χ0v) is 20.5. The molecule has 2 aromatic carbocycles. The maximum Gasteiger partial charge on any atom is 0.268 e. The molecule has 35 heavy (non-hydrogen) atoms. The molecule has 4 aromatic rings. The van der Waals surface area contributed by atoms with E-state index < -0.39 is 0 Å². The molecular formula is C27H26Cl2N4O2. The summed E-state index contributed by atoms with van der Waals surface area (Å²) in [7, 11) is 0. The number of rotatable bonds is 5. The number of H-pyrrole nitrogens is 1. The molecular weight excluding hydrogens is 483 g/mol. The van der Waals surface area contributed by atoms with Gasteiger partial charge in [0.1, 0.15) is 5.69 Å². The maximum atomic E-state index is 13.0. The van der Waals surface area contributed by atoms with Gasteiger partial charge in [-0.05, 0) is 72.5 Å². The molecule has 2 heterocycles. The monoisotopic (exact) mass is 508 g/mol. The molecule has 1 fully saturated rings. The van der Waals surface area contributed by atoms with Gasteiger partial charge in [0, 0.05) is 46.0 Å². The van der Waals surface area contributed by atoms with Crippen molar-refractivity contribution in [1.29, 1.82) is 0 Å². The van der Waals surface area contributed by atoms with Gasteiger partial charge in [-0.2, -0.15) is 0 Å². The molecule has 1 aliphatic rings. The molecule has 2 aromatic heterocycles. The van der Waals surface area contributed by atoms with Crippen molar-refractivity contribution in [1.82, 2.24) is 20.6 Å². The van der Waals surface area contributed by atoms with Crippen LogP contribution in [0, 0.1) is 0 Å². The van der Waals surface area contributed by atoms with Crippen molar-refractivity contribution >= 4 is 46.7 Å². The molecule has 3 N–H and O–H groups in total. The van der Waals surface area contributed by atoms with Crippen LogP contribution in [-0.2, 0) is 0 Å². The van der Waals surface area contributed by atoms with E-state index in [0.717, 1.165) is 47.7 Å². The number of amides is 2. The second kappa shape index (κ2) is 10.9.